The molecule has 2 N–H and O–H groups in total. The zero-order chi connectivity index (χ0) is 15.1. The second-order valence-corrected chi connectivity index (χ2v) is 5.69. The molecule has 0 saturated carbocycles. The van der Waals surface area contributed by atoms with Gasteiger partial charge in [0, 0.05) is 24.7 Å². The van der Waals surface area contributed by atoms with E-state index in [0.717, 1.165) is 18.7 Å². The Bertz CT molecular complexity index is 431. The highest BCUT2D eigenvalue weighted by Crippen LogP contribution is 2.18. The number of rotatable bonds is 7. The van der Waals surface area contributed by atoms with Crippen LogP contribution >= 0.6 is 0 Å². The maximum Gasteiger partial charge on any atom is 0.221 e. The lowest BCUT2D eigenvalue weighted by Crippen LogP contribution is -2.31. The number of hydrogen-bond acceptors (Lipinski definition) is 3. The number of anilines is 1. The van der Waals surface area contributed by atoms with Crippen LogP contribution in [0.2, 0.25) is 0 Å². The van der Waals surface area contributed by atoms with Crippen LogP contribution in [0.4, 0.5) is 5.69 Å². The van der Waals surface area contributed by atoms with Gasteiger partial charge in [0.05, 0.1) is 0 Å². The van der Waals surface area contributed by atoms with Crippen LogP contribution in [0.15, 0.2) is 24.3 Å². The normalized spacial score (nSPS) is 14.1. The molecule has 4 heteroatoms. The highest BCUT2D eigenvalue weighted by atomic mass is 16.1. The molecule has 112 valence electrons. The van der Waals surface area contributed by atoms with Crippen molar-refractivity contribution in [3.05, 3.63) is 29.8 Å². The zero-order valence-corrected chi connectivity index (χ0v) is 13.2. The molecule has 0 aliphatic heterocycles. The fourth-order valence-corrected chi connectivity index (χ4v) is 2.15. The van der Waals surface area contributed by atoms with Gasteiger partial charge in [-0.2, -0.15) is 0 Å². The van der Waals surface area contributed by atoms with Gasteiger partial charge in [-0.05, 0) is 58.6 Å². The van der Waals surface area contributed by atoms with Gasteiger partial charge in [0.25, 0.3) is 0 Å². The largest absolute Gasteiger partial charge is 0.326 e. The van der Waals surface area contributed by atoms with Gasteiger partial charge < -0.3 is 15.5 Å². The molecule has 0 spiro atoms. The molecule has 1 aromatic carbocycles. The van der Waals surface area contributed by atoms with E-state index in [-0.39, 0.29) is 11.9 Å². The van der Waals surface area contributed by atoms with Gasteiger partial charge >= 0.3 is 0 Å². The Morgan fingerprint density at radius 2 is 2.00 bits per heavy atom. The summed E-state index contributed by atoms with van der Waals surface area (Å²) in [5, 5.41) is 6.41. The summed E-state index contributed by atoms with van der Waals surface area (Å²) in [7, 11) is 4.18. The lowest BCUT2D eigenvalue weighted by Gasteiger charge is -2.22. The molecule has 0 radical (unpaired) electrons. The quantitative estimate of drug-likeness (QED) is 0.805. The minimum atomic E-state index is -0.0397. The van der Waals surface area contributed by atoms with Crippen LogP contribution in [-0.2, 0) is 4.79 Å². The highest BCUT2D eigenvalue weighted by molar-refractivity contribution is 5.88. The smallest absolute Gasteiger partial charge is 0.221 e. The van der Waals surface area contributed by atoms with E-state index in [2.05, 4.69) is 49.5 Å². The molecule has 1 aromatic rings. The summed E-state index contributed by atoms with van der Waals surface area (Å²) in [6.07, 6.45) is 1.11. The molecule has 2 unspecified atom stereocenters. The lowest BCUT2D eigenvalue weighted by atomic mass is 10.1. The van der Waals surface area contributed by atoms with Gasteiger partial charge in [0.1, 0.15) is 0 Å². The van der Waals surface area contributed by atoms with Gasteiger partial charge in [-0.15, -0.1) is 0 Å². The monoisotopic (exact) mass is 277 g/mol. The molecule has 0 aliphatic carbocycles. The molecule has 1 amide bonds. The van der Waals surface area contributed by atoms with Crippen LogP contribution < -0.4 is 10.6 Å². The molecule has 0 heterocycles. The molecular formula is C16H27N3O. The Hall–Kier alpha value is -1.39. The van der Waals surface area contributed by atoms with Crippen LogP contribution in [-0.4, -0.2) is 37.5 Å². The molecular weight excluding hydrogens is 250 g/mol. The number of nitrogens with zero attached hydrogens (tertiary/aromatic N) is 1. The first-order valence-electron chi connectivity index (χ1n) is 7.17. The molecule has 4 nitrogen and oxygen atoms in total. The summed E-state index contributed by atoms with van der Waals surface area (Å²) in [5.41, 5.74) is 2.04. The first kappa shape index (κ1) is 16.7. The predicted molar refractivity (Wildman–Crippen MR) is 84.9 cm³/mol. The van der Waals surface area contributed by atoms with Crippen molar-refractivity contribution in [1.29, 1.82) is 0 Å². The van der Waals surface area contributed by atoms with Crippen LogP contribution in [0, 0.1) is 0 Å². The van der Waals surface area contributed by atoms with E-state index in [1.165, 1.54) is 12.5 Å². The first-order chi connectivity index (χ1) is 9.38. The number of carbonyl (C=O) groups excluding carboxylic acids is 1. The predicted octanol–water partition coefficient (Wildman–Crippen LogP) is 2.64. The summed E-state index contributed by atoms with van der Waals surface area (Å²) in [6, 6.07) is 8.72. The maximum absolute atomic E-state index is 11.1. The SMILES string of the molecule is CC(=O)Nc1cccc(C(C)NC(C)CCN(C)C)c1. The average molecular weight is 277 g/mol. The Balaban J connectivity index is 2.58. The Morgan fingerprint density at radius 3 is 2.60 bits per heavy atom. The fraction of sp³-hybridized carbons (Fsp3) is 0.562. The van der Waals surface area contributed by atoms with Crippen molar-refractivity contribution in [2.75, 3.05) is 26.0 Å². The van der Waals surface area contributed by atoms with Gasteiger partial charge in [-0.25, -0.2) is 0 Å². The number of benzene rings is 1. The molecule has 1 rings (SSSR count). The molecule has 0 saturated heterocycles. The fourth-order valence-electron chi connectivity index (χ4n) is 2.15. The van der Waals surface area contributed by atoms with Crippen molar-refractivity contribution in [1.82, 2.24) is 10.2 Å². The average Bonchev–Trinajstić information content (AvgIpc) is 2.36. The lowest BCUT2D eigenvalue weighted by molar-refractivity contribution is -0.114. The van der Waals surface area contributed by atoms with E-state index in [1.54, 1.807) is 0 Å². The summed E-state index contributed by atoms with van der Waals surface area (Å²) in [5.74, 6) is -0.0397. The zero-order valence-electron chi connectivity index (χ0n) is 13.2. The van der Waals surface area contributed by atoms with E-state index in [0.29, 0.717) is 6.04 Å². The standard InChI is InChI=1S/C16H27N3O/c1-12(9-10-19(4)5)17-13(2)15-7-6-8-16(11-15)18-14(3)20/h6-8,11-13,17H,9-10H2,1-5H3,(H,18,20). The Morgan fingerprint density at radius 1 is 1.30 bits per heavy atom. The molecule has 0 bridgehead atoms. The Labute approximate surface area is 122 Å². The molecule has 0 fully saturated rings. The third kappa shape index (κ3) is 6.17. The number of nitrogens with one attached hydrogen (secondary N) is 2. The molecule has 2 atom stereocenters. The van der Waals surface area contributed by atoms with E-state index in [4.69, 9.17) is 0 Å². The van der Waals surface area contributed by atoms with Gasteiger partial charge in [-0.1, -0.05) is 12.1 Å². The summed E-state index contributed by atoms with van der Waals surface area (Å²) >= 11 is 0. The van der Waals surface area contributed by atoms with Crippen molar-refractivity contribution in [3.63, 3.8) is 0 Å². The third-order valence-electron chi connectivity index (χ3n) is 3.25. The third-order valence-corrected chi connectivity index (χ3v) is 3.25. The van der Waals surface area contributed by atoms with E-state index in [1.807, 2.05) is 18.2 Å². The van der Waals surface area contributed by atoms with E-state index < -0.39 is 0 Å². The molecule has 0 aromatic heterocycles. The second-order valence-electron chi connectivity index (χ2n) is 5.69. The summed E-state index contributed by atoms with van der Waals surface area (Å²) in [6.45, 7) is 6.96. The van der Waals surface area contributed by atoms with Crippen LogP contribution in [0.5, 0.6) is 0 Å². The van der Waals surface area contributed by atoms with Gasteiger partial charge in [0.15, 0.2) is 0 Å². The summed E-state index contributed by atoms with van der Waals surface area (Å²) < 4.78 is 0. The minimum Gasteiger partial charge on any atom is -0.326 e. The topological polar surface area (TPSA) is 44.4 Å². The minimum absolute atomic E-state index is 0.0397. The Kier molecular flexibility index (Phi) is 6.68. The van der Waals surface area contributed by atoms with Crippen LogP contribution in [0.1, 0.15) is 38.8 Å². The van der Waals surface area contributed by atoms with Crippen molar-refractivity contribution < 1.29 is 4.79 Å². The summed E-state index contributed by atoms with van der Waals surface area (Å²) in [4.78, 5) is 13.3. The van der Waals surface area contributed by atoms with E-state index in [9.17, 15) is 4.79 Å². The molecule has 0 aliphatic rings. The van der Waals surface area contributed by atoms with Crippen LogP contribution in [0.3, 0.4) is 0 Å². The maximum atomic E-state index is 11.1. The number of carbonyl (C=O) groups is 1. The van der Waals surface area contributed by atoms with Crippen molar-refractivity contribution in [2.24, 2.45) is 0 Å². The van der Waals surface area contributed by atoms with Crippen LogP contribution in [0.25, 0.3) is 0 Å². The van der Waals surface area contributed by atoms with Gasteiger partial charge in [0.2, 0.25) is 5.91 Å². The van der Waals surface area contributed by atoms with E-state index >= 15 is 0 Å². The second kappa shape index (κ2) is 8.02. The van der Waals surface area contributed by atoms with Crippen molar-refractivity contribution in [3.8, 4) is 0 Å². The van der Waals surface area contributed by atoms with Gasteiger partial charge in [-0.3, -0.25) is 4.79 Å². The highest BCUT2D eigenvalue weighted by Gasteiger charge is 2.10. The number of hydrogen-bond donors (Lipinski definition) is 2. The number of amides is 1. The first-order valence-corrected chi connectivity index (χ1v) is 7.17. The van der Waals surface area contributed by atoms with Crippen molar-refractivity contribution in [2.45, 2.75) is 39.3 Å². The molecule has 20 heavy (non-hydrogen) atoms. The van der Waals surface area contributed by atoms with Crippen molar-refractivity contribution >= 4 is 11.6 Å².